The molecule has 0 radical (unpaired) electrons. The number of aryl methyl sites for hydroxylation is 20. The van der Waals surface area contributed by atoms with Gasteiger partial charge in [0.05, 0.1) is 6.61 Å². The van der Waals surface area contributed by atoms with E-state index in [1.54, 1.807) is 42.3 Å². The van der Waals surface area contributed by atoms with E-state index in [1.165, 1.54) is 150 Å². The van der Waals surface area contributed by atoms with E-state index in [2.05, 4.69) is 267 Å². The number of aliphatic hydroxyl groups is 1. The van der Waals surface area contributed by atoms with E-state index in [4.69, 9.17) is 28.4 Å². The molecular weight excluding hydrogens is 2070 g/mol. The van der Waals surface area contributed by atoms with Gasteiger partial charge >= 0.3 is 0 Å². The smallest absolute Gasteiger partial charge is 0.283 e. The molecule has 754 valence electrons. The molecule has 19 nitrogen and oxygen atoms in total. The van der Waals surface area contributed by atoms with E-state index < -0.39 is 0 Å². The largest absolute Gasteiger partial charge is 0.489 e. The van der Waals surface area contributed by atoms with Crippen molar-refractivity contribution in [3.63, 3.8) is 0 Å². The van der Waals surface area contributed by atoms with E-state index in [1.807, 2.05) is 124 Å². The molecule has 0 saturated heterocycles. The zero-order chi connectivity index (χ0) is 104. The summed E-state index contributed by atoms with van der Waals surface area (Å²) in [4.78, 5) is 75.8. The lowest BCUT2D eigenvalue weighted by atomic mass is 10.0. The molecule has 13 rings (SSSR count). The first kappa shape index (κ1) is 117. The fourth-order valence-corrected chi connectivity index (χ4v) is 20.7. The van der Waals surface area contributed by atoms with Gasteiger partial charge in [-0.05, 0) is 457 Å². The van der Waals surface area contributed by atoms with Crippen LogP contribution in [0.4, 0.5) is 28.8 Å². The number of amides is 6. The molecule has 0 bridgehead atoms. The molecule has 0 aromatic heterocycles. The third-order valence-corrected chi connectivity index (χ3v) is 31.8. The second kappa shape index (κ2) is 57.9. The van der Waals surface area contributed by atoms with Crippen molar-refractivity contribution < 1.29 is 62.3 Å². The molecule has 0 unspecified atom stereocenters. The third kappa shape index (κ3) is 35.2. The van der Waals surface area contributed by atoms with Crippen molar-refractivity contribution in [2.24, 2.45) is 0 Å². The zero-order valence-electron chi connectivity index (χ0n) is 86.5. The van der Waals surface area contributed by atoms with Crippen LogP contribution >= 0.6 is 109 Å². The Morgan fingerprint density at radius 2 is 0.521 bits per heavy atom. The van der Waals surface area contributed by atoms with Crippen LogP contribution in [0.1, 0.15) is 181 Å². The maximum Gasteiger partial charge on any atom is 0.283 e. The monoisotopic (exact) mass is 2210 g/mol. The number of thioether (sulfide) groups is 6. The van der Waals surface area contributed by atoms with Crippen molar-refractivity contribution in [3.8, 4) is 34.5 Å². The summed E-state index contributed by atoms with van der Waals surface area (Å²) < 4.78 is 38.5. The SMILES string of the molecule is CCc1cccc(SC(=O)NC)c1COc1cc(C)c(C)cc1C.CNC(=O)Sc1cccc(Br)c1COc1cc(C)c(C)cc1C.CNC(=O)Sc1cccc(C)c1COc1cc(C)c(C)cc1C.CNC(=O)Sc1cccc(C2CC2)c1COc1cc(C)c(C)cc1C.CNC(=O)Sc1cccc(CO)c1COc1cc(C)c(C)cc1C.CNC(=O)Sc1cccc(I)c1COc1cc(C)c(C)cc1C. The number of aliphatic hydroxyl groups excluding tert-OH is 1. The lowest BCUT2D eigenvalue weighted by Crippen LogP contribution is -2.12. The molecule has 12 aromatic carbocycles. The summed E-state index contributed by atoms with van der Waals surface area (Å²) in [7, 11) is 9.81. The highest BCUT2D eigenvalue weighted by molar-refractivity contribution is 14.1. The summed E-state index contributed by atoms with van der Waals surface area (Å²) in [5, 5.41) is 25.0. The summed E-state index contributed by atoms with van der Waals surface area (Å²) in [6.07, 6.45) is 3.36. The van der Waals surface area contributed by atoms with Crippen molar-refractivity contribution in [1.29, 1.82) is 0 Å². The molecule has 6 amide bonds. The minimum Gasteiger partial charge on any atom is -0.489 e. The van der Waals surface area contributed by atoms with Gasteiger partial charge in [0.2, 0.25) is 0 Å². The van der Waals surface area contributed by atoms with Crippen LogP contribution in [-0.2, 0) is 52.7 Å². The second-order valence-electron chi connectivity index (χ2n) is 34.7. The predicted octanol–water partition coefficient (Wildman–Crippen LogP) is 30.3. The molecule has 0 spiro atoms. The number of nitrogens with one attached hydrogen (secondary N) is 6. The highest BCUT2D eigenvalue weighted by Crippen LogP contribution is 2.45. The summed E-state index contributed by atoms with van der Waals surface area (Å²) >= 11 is 13.0. The van der Waals surface area contributed by atoms with Crippen LogP contribution in [0.2, 0.25) is 0 Å². The van der Waals surface area contributed by atoms with Crippen LogP contribution in [0, 0.1) is 135 Å². The number of halogens is 2. The van der Waals surface area contributed by atoms with Crippen molar-refractivity contribution in [2.75, 3.05) is 42.3 Å². The fourth-order valence-electron chi connectivity index (χ4n) is 14.7. The Morgan fingerprint density at radius 3 is 0.831 bits per heavy atom. The van der Waals surface area contributed by atoms with Gasteiger partial charge in [-0.2, -0.15) is 0 Å². The van der Waals surface area contributed by atoms with Crippen molar-refractivity contribution in [1.82, 2.24) is 31.9 Å². The molecule has 1 aliphatic carbocycles. The van der Waals surface area contributed by atoms with Crippen LogP contribution in [0.5, 0.6) is 34.5 Å². The van der Waals surface area contributed by atoms with E-state index in [9.17, 15) is 33.9 Å². The van der Waals surface area contributed by atoms with Gasteiger partial charge in [0, 0.05) is 113 Å². The minimum atomic E-state index is -0.145. The third-order valence-electron chi connectivity index (χ3n) is 24.1. The van der Waals surface area contributed by atoms with Crippen LogP contribution < -0.4 is 60.3 Å². The average Bonchev–Trinajstić information content (AvgIpc) is 1.66. The van der Waals surface area contributed by atoms with Crippen molar-refractivity contribution in [2.45, 2.75) is 239 Å². The van der Waals surface area contributed by atoms with Gasteiger partial charge in [0.15, 0.2) is 0 Å². The van der Waals surface area contributed by atoms with Gasteiger partial charge in [0.1, 0.15) is 74.1 Å². The van der Waals surface area contributed by atoms with Gasteiger partial charge in [-0.25, -0.2) is 0 Å². The van der Waals surface area contributed by atoms with E-state index in [-0.39, 0.29) is 38.0 Å². The van der Waals surface area contributed by atoms with Crippen LogP contribution in [-0.4, -0.2) is 78.8 Å². The van der Waals surface area contributed by atoms with Crippen molar-refractivity contribution in [3.05, 3.63) is 346 Å². The van der Waals surface area contributed by atoms with Crippen LogP contribution in [0.25, 0.3) is 0 Å². The molecule has 142 heavy (non-hydrogen) atoms. The van der Waals surface area contributed by atoms with Crippen molar-refractivity contribution >= 4 is 141 Å². The molecule has 0 aliphatic heterocycles. The average molecular weight is 2210 g/mol. The number of carbonyl (C=O) groups excluding carboxylic acids is 6. The van der Waals surface area contributed by atoms with E-state index in [0.29, 0.717) is 45.6 Å². The lowest BCUT2D eigenvalue weighted by molar-refractivity contribution is 0.261. The minimum absolute atomic E-state index is 0.0449. The Kier molecular flexibility index (Phi) is 47.6. The fraction of sp³-hybridized carbons (Fsp3) is 0.322. The van der Waals surface area contributed by atoms with E-state index in [0.717, 1.165) is 168 Å². The first-order valence-electron chi connectivity index (χ1n) is 46.9. The maximum absolute atomic E-state index is 11.9. The Bertz CT molecular complexity index is 6020. The topological polar surface area (TPSA) is 250 Å². The predicted molar refractivity (Wildman–Crippen MR) is 603 cm³/mol. The second-order valence-corrected chi connectivity index (χ2v) is 42.8. The number of carbonyl (C=O) groups is 6. The van der Waals surface area contributed by atoms with Gasteiger partial charge in [0.25, 0.3) is 31.4 Å². The highest BCUT2D eigenvalue weighted by atomic mass is 127. The van der Waals surface area contributed by atoms with Gasteiger partial charge in [-0.15, -0.1) is 0 Å². The molecule has 0 atom stereocenters. The Morgan fingerprint density at radius 1 is 0.289 bits per heavy atom. The standard InChI is InChI=1S/C21H25NO2S.C20H25NO2S.C19H23NO3S.C19H23NO2S.C18H20BrNO2S.C18H20INO2S/c1-13-10-15(3)19(11-14(13)2)24-12-18-17(16-8-9-16)6-5-7-20(18)25-21(23)22-4;1-6-16-8-7-9-19(24-20(22)21-5)17(16)12-23-18-11-14(3)13(2)10-15(18)4;1-12-8-14(3)17(9-13(12)2)23-11-16-15(10-21)6-5-7-18(16)24-19(22)20-4;1-12-7-6-8-18(23-19(21)20-5)16(12)11-22-17-10-14(3)13(2)9-15(17)4;2*1-11-8-13(3)16(9-12(11)2)22-10-14-15(19)6-5-7-17(14)23-18(21)20-4/h5-7,10-11,16H,8-9,12H2,1-4H3,(H,22,23);7-11H,6,12H2,1-5H3,(H,21,22);5-9,21H,10-11H2,1-4H3,(H,20,22);6-10H,11H2,1-5H3,(H,20,21);2*5-9H,10H2,1-4H3,(H,20,21). The number of benzene rings is 12. The molecule has 7 N–H and O–H groups in total. The number of rotatable bonds is 27. The molecular formula is C115H136BrIN6O13S6. The summed E-state index contributed by atoms with van der Waals surface area (Å²) in [6.45, 7) is 44.0. The quantitative estimate of drug-likeness (QED) is 0.0187. The van der Waals surface area contributed by atoms with Gasteiger partial charge < -0.3 is 65.4 Å². The summed E-state index contributed by atoms with van der Waals surface area (Å²) in [5.74, 6) is 5.92. The number of ether oxygens (including phenoxy) is 6. The van der Waals surface area contributed by atoms with Crippen LogP contribution in [0.3, 0.4) is 0 Å². The lowest BCUT2D eigenvalue weighted by Gasteiger charge is -2.17. The van der Waals surface area contributed by atoms with Crippen LogP contribution in [0.15, 0.2) is 216 Å². The van der Waals surface area contributed by atoms with Gasteiger partial charge in [-0.3, -0.25) is 28.8 Å². The first-order chi connectivity index (χ1) is 67.7. The molecule has 1 aliphatic rings. The molecule has 27 heteroatoms. The normalized spacial score (nSPS) is 11.0. The molecule has 0 heterocycles. The molecule has 12 aromatic rings. The summed E-state index contributed by atoms with van der Waals surface area (Å²) in [5.41, 5.74) is 32.1. The Hall–Kier alpha value is -10.5. The number of hydrogen-bond acceptors (Lipinski definition) is 19. The summed E-state index contributed by atoms with van der Waals surface area (Å²) in [6, 6.07) is 60.8. The first-order valence-corrected chi connectivity index (χ1v) is 53.6. The maximum atomic E-state index is 11.9. The van der Waals surface area contributed by atoms with E-state index >= 15 is 0 Å². The Balaban J connectivity index is 0.000000209. The Labute approximate surface area is 888 Å². The highest BCUT2D eigenvalue weighted by Gasteiger charge is 2.29. The zero-order valence-corrected chi connectivity index (χ0v) is 95.2. The number of hydrogen-bond donors (Lipinski definition) is 7. The molecule has 1 saturated carbocycles. The molecule has 1 fully saturated rings. The van der Waals surface area contributed by atoms with Gasteiger partial charge in [-0.1, -0.05) is 120 Å².